The predicted octanol–water partition coefficient (Wildman–Crippen LogP) is 3.38. The van der Waals surface area contributed by atoms with Gasteiger partial charge in [0.2, 0.25) is 5.91 Å². The molecule has 0 aromatic heterocycles. The van der Waals surface area contributed by atoms with Crippen LogP contribution in [0.15, 0.2) is 36.0 Å². The molecule has 0 saturated carbocycles. The molecule has 9 atom stereocenters. The minimum absolute atomic E-state index is 0.0557. The first kappa shape index (κ1) is 28.6. The maximum absolute atomic E-state index is 12.3. The lowest BCUT2D eigenvalue weighted by atomic mass is 9.87. The molecule has 3 aliphatic heterocycles. The van der Waals surface area contributed by atoms with Crippen LogP contribution in [0.4, 0.5) is 0 Å². The molecule has 3 saturated heterocycles. The van der Waals surface area contributed by atoms with Crippen LogP contribution < -0.4 is 5.32 Å². The van der Waals surface area contributed by atoms with Gasteiger partial charge in [0.05, 0.1) is 31.0 Å². The number of esters is 1. The van der Waals surface area contributed by atoms with Crippen molar-refractivity contribution in [2.75, 3.05) is 6.61 Å². The number of carbonyl (C=O) groups excluding carboxylic acids is 2. The number of allylic oxidation sites excluding steroid dienone is 2. The Kier molecular flexibility index (Phi) is 9.92. The highest BCUT2D eigenvalue weighted by atomic mass is 16.6. The third-order valence-electron chi connectivity index (χ3n) is 7.38. The van der Waals surface area contributed by atoms with Crippen LogP contribution in [0.5, 0.6) is 0 Å². The number of epoxide rings is 1. The number of ether oxygens (including phenoxy) is 4. The second-order valence-electron chi connectivity index (χ2n) is 10.6. The Morgan fingerprint density at radius 3 is 2.58 bits per heavy atom. The van der Waals surface area contributed by atoms with Gasteiger partial charge < -0.3 is 29.4 Å². The van der Waals surface area contributed by atoms with Crippen LogP contribution in [-0.2, 0) is 28.5 Å². The van der Waals surface area contributed by atoms with Crippen molar-refractivity contribution in [3.63, 3.8) is 0 Å². The summed E-state index contributed by atoms with van der Waals surface area (Å²) in [6.07, 6.45) is 10.9. The van der Waals surface area contributed by atoms with Gasteiger partial charge in [-0.3, -0.25) is 9.59 Å². The maximum atomic E-state index is 12.3. The monoisotopic (exact) mass is 505 g/mol. The third kappa shape index (κ3) is 7.75. The average Bonchev–Trinajstić information content (AvgIpc) is 3.59. The van der Waals surface area contributed by atoms with Gasteiger partial charge >= 0.3 is 5.97 Å². The number of hydrogen-bond donors (Lipinski definition) is 2. The first-order valence-electron chi connectivity index (χ1n) is 13.2. The van der Waals surface area contributed by atoms with Crippen molar-refractivity contribution in [2.24, 2.45) is 5.92 Å². The van der Waals surface area contributed by atoms with E-state index in [-0.39, 0.29) is 48.3 Å². The van der Waals surface area contributed by atoms with E-state index >= 15 is 0 Å². The van der Waals surface area contributed by atoms with Crippen LogP contribution >= 0.6 is 0 Å². The summed E-state index contributed by atoms with van der Waals surface area (Å²) in [6, 6.07) is -0.0872. The molecule has 202 valence electrons. The largest absolute Gasteiger partial charge is 0.459 e. The molecule has 3 rings (SSSR count). The SMILES string of the molecule is CCC1CC2(CO2)C(O)C(C=CC(C)=CCC2OC(C)C(NC(=O)C=CC(C)OC(C)=O)CC2C)O1. The van der Waals surface area contributed by atoms with Gasteiger partial charge in [0, 0.05) is 19.4 Å². The van der Waals surface area contributed by atoms with Crippen molar-refractivity contribution in [1.82, 2.24) is 5.32 Å². The van der Waals surface area contributed by atoms with Gasteiger partial charge in [-0.2, -0.15) is 0 Å². The molecule has 1 spiro atoms. The molecule has 1 amide bonds. The van der Waals surface area contributed by atoms with Crippen molar-refractivity contribution in [3.8, 4) is 0 Å². The number of rotatable bonds is 9. The highest BCUT2D eigenvalue weighted by molar-refractivity contribution is 5.87. The van der Waals surface area contributed by atoms with Crippen molar-refractivity contribution < 1.29 is 33.6 Å². The van der Waals surface area contributed by atoms with Crippen molar-refractivity contribution in [2.45, 2.75) is 115 Å². The second kappa shape index (κ2) is 12.5. The number of aliphatic hydroxyl groups excluding tert-OH is 1. The molecule has 9 unspecified atom stereocenters. The molecule has 8 heteroatoms. The zero-order valence-corrected chi connectivity index (χ0v) is 22.4. The molecule has 0 aromatic carbocycles. The molecule has 36 heavy (non-hydrogen) atoms. The van der Waals surface area contributed by atoms with Crippen molar-refractivity contribution in [3.05, 3.63) is 36.0 Å². The Bertz CT molecular complexity index is 862. The molecule has 3 heterocycles. The summed E-state index contributed by atoms with van der Waals surface area (Å²) in [7, 11) is 0. The molecular formula is C28H43NO7. The maximum Gasteiger partial charge on any atom is 0.303 e. The molecule has 3 aliphatic rings. The molecule has 2 N–H and O–H groups in total. The Balaban J connectivity index is 1.48. The van der Waals surface area contributed by atoms with Gasteiger partial charge in [0.1, 0.15) is 23.9 Å². The summed E-state index contributed by atoms with van der Waals surface area (Å²) in [5, 5.41) is 13.7. The Morgan fingerprint density at radius 2 is 1.94 bits per heavy atom. The highest BCUT2D eigenvalue weighted by Crippen LogP contribution is 2.43. The predicted molar refractivity (Wildman–Crippen MR) is 136 cm³/mol. The fourth-order valence-electron chi connectivity index (χ4n) is 5.01. The van der Waals surface area contributed by atoms with E-state index < -0.39 is 17.8 Å². The van der Waals surface area contributed by atoms with Gasteiger partial charge in [-0.15, -0.1) is 0 Å². The van der Waals surface area contributed by atoms with Gasteiger partial charge in [0.25, 0.3) is 0 Å². The van der Waals surface area contributed by atoms with Crippen LogP contribution in [0, 0.1) is 5.92 Å². The fourth-order valence-corrected chi connectivity index (χ4v) is 5.01. The molecule has 0 bridgehead atoms. The summed E-state index contributed by atoms with van der Waals surface area (Å²) in [5.74, 6) is -0.339. The van der Waals surface area contributed by atoms with Gasteiger partial charge in [0.15, 0.2) is 0 Å². The van der Waals surface area contributed by atoms with Crippen molar-refractivity contribution in [1.29, 1.82) is 0 Å². The third-order valence-corrected chi connectivity index (χ3v) is 7.38. The van der Waals surface area contributed by atoms with E-state index in [1.807, 2.05) is 26.0 Å². The van der Waals surface area contributed by atoms with Crippen LogP contribution in [0.2, 0.25) is 0 Å². The first-order valence-corrected chi connectivity index (χ1v) is 13.2. The molecule has 0 aromatic rings. The van der Waals surface area contributed by atoms with E-state index in [0.29, 0.717) is 6.61 Å². The highest BCUT2D eigenvalue weighted by Gasteiger charge is 2.57. The summed E-state index contributed by atoms with van der Waals surface area (Å²) in [4.78, 5) is 23.3. The zero-order chi connectivity index (χ0) is 26.5. The fraction of sp³-hybridized carbons (Fsp3) is 0.714. The van der Waals surface area contributed by atoms with Gasteiger partial charge in [-0.1, -0.05) is 37.6 Å². The standard InChI is InChI=1S/C28H43NO7/c1-7-22-15-28(16-33-28)27(32)25(36-22)12-9-17(2)8-11-24-18(3)14-23(20(5)35-24)29-26(31)13-10-19(4)34-21(6)30/h8-10,12-13,18-20,22-25,27,32H,7,11,14-16H2,1-6H3,(H,29,31). The smallest absolute Gasteiger partial charge is 0.303 e. The summed E-state index contributed by atoms with van der Waals surface area (Å²) in [6.45, 7) is 11.9. The van der Waals surface area contributed by atoms with E-state index in [9.17, 15) is 14.7 Å². The minimum atomic E-state index is -0.640. The molecule has 0 aliphatic carbocycles. The van der Waals surface area contributed by atoms with Crippen LogP contribution in [-0.4, -0.2) is 71.9 Å². The molecule has 8 nitrogen and oxygen atoms in total. The summed E-state index contributed by atoms with van der Waals surface area (Å²) in [5.41, 5.74) is 0.663. The van der Waals surface area contributed by atoms with E-state index in [1.165, 1.54) is 13.0 Å². The summed E-state index contributed by atoms with van der Waals surface area (Å²) < 4.78 is 22.9. The quantitative estimate of drug-likeness (QED) is 0.214. The lowest BCUT2D eigenvalue weighted by molar-refractivity contribution is -0.143. The minimum Gasteiger partial charge on any atom is -0.459 e. The molecular weight excluding hydrogens is 462 g/mol. The van der Waals surface area contributed by atoms with E-state index in [4.69, 9.17) is 18.9 Å². The van der Waals surface area contributed by atoms with E-state index in [2.05, 4.69) is 25.2 Å². The Morgan fingerprint density at radius 1 is 1.22 bits per heavy atom. The Labute approximate surface area is 215 Å². The molecule has 0 radical (unpaired) electrons. The van der Waals surface area contributed by atoms with Gasteiger partial charge in [-0.25, -0.2) is 0 Å². The number of aliphatic hydroxyl groups is 1. The number of nitrogens with one attached hydrogen (secondary N) is 1. The number of hydrogen-bond acceptors (Lipinski definition) is 7. The van der Waals surface area contributed by atoms with Crippen LogP contribution in [0.25, 0.3) is 0 Å². The van der Waals surface area contributed by atoms with E-state index in [1.54, 1.807) is 13.0 Å². The van der Waals surface area contributed by atoms with Crippen LogP contribution in [0.3, 0.4) is 0 Å². The zero-order valence-electron chi connectivity index (χ0n) is 22.4. The summed E-state index contributed by atoms with van der Waals surface area (Å²) >= 11 is 0. The second-order valence-corrected chi connectivity index (χ2v) is 10.6. The molecule has 3 fully saturated rings. The van der Waals surface area contributed by atoms with Crippen LogP contribution in [0.1, 0.15) is 67.2 Å². The lowest BCUT2D eigenvalue weighted by Crippen LogP contribution is -2.50. The van der Waals surface area contributed by atoms with Crippen molar-refractivity contribution >= 4 is 11.9 Å². The van der Waals surface area contributed by atoms with Gasteiger partial charge in [-0.05, 0) is 52.0 Å². The first-order chi connectivity index (χ1) is 17.0. The average molecular weight is 506 g/mol. The van der Waals surface area contributed by atoms with E-state index in [0.717, 1.165) is 31.3 Å². The lowest BCUT2D eigenvalue weighted by Gasteiger charge is -2.39. The number of carbonyl (C=O) groups is 2. The normalized spacial score (nSPS) is 37.9. The Hall–Kier alpha value is -2.00. The topological polar surface area (TPSA) is 107 Å². The number of amides is 1.